The number of carbonyl (C=O) groups excluding carboxylic acids is 2. The fraction of sp³-hybridized carbons (Fsp3) is 0.480. The van der Waals surface area contributed by atoms with Crippen molar-refractivity contribution >= 4 is 34.9 Å². The molecule has 3 aliphatic rings. The van der Waals surface area contributed by atoms with Crippen molar-refractivity contribution in [2.24, 2.45) is 0 Å². The third-order valence-electron chi connectivity index (χ3n) is 6.68. The molecule has 5 rings (SSSR count). The van der Waals surface area contributed by atoms with Crippen LogP contribution in [0.5, 0.6) is 0 Å². The van der Waals surface area contributed by atoms with Gasteiger partial charge in [0.15, 0.2) is 11.9 Å². The fourth-order valence-corrected chi connectivity index (χ4v) is 5.47. The molecule has 1 aromatic carbocycles. The van der Waals surface area contributed by atoms with E-state index in [1.807, 2.05) is 0 Å². The van der Waals surface area contributed by atoms with Crippen LogP contribution in [0.15, 0.2) is 30.3 Å². The number of carbonyl (C=O) groups is 2. The van der Waals surface area contributed by atoms with Crippen LogP contribution in [0.4, 0.5) is 24.7 Å². The first-order valence-electron chi connectivity index (χ1n) is 11.7. The topological polar surface area (TPSA) is 72.0 Å². The van der Waals surface area contributed by atoms with Gasteiger partial charge in [-0.15, -0.1) is 0 Å². The maximum Gasteiger partial charge on any atom is 0.416 e. The van der Waals surface area contributed by atoms with E-state index in [1.165, 1.54) is 6.92 Å². The van der Waals surface area contributed by atoms with Gasteiger partial charge in [-0.2, -0.15) is 13.2 Å². The lowest BCUT2D eigenvalue weighted by molar-refractivity contribution is -0.161. The first-order chi connectivity index (χ1) is 16.9. The molecular formula is C25H25ClF3N3O4. The SMILES string of the molecule is Cc1cc(C(F)(F)F)cc(N2C(=O)[C@H]3OC(C)(C)O[C@H]3[C@H]2C(=O)N2CCCCc3c(Cl)cccc32)n1. The van der Waals surface area contributed by atoms with Gasteiger partial charge in [0.05, 0.1) is 5.56 Å². The molecule has 2 amide bonds. The van der Waals surface area contributed by atoms with E-state index in [9.17, 15) is 22.8 Å². The van der Waals surface area contributed by atoms with Crippen LogP contribution in [0.25, 0.3) is 0 Å². The highest BCUT2D eigenvalue weighted by Crippen LogP contribution is 2.42. The van der Waals surface area contributed by atoms with Gasteiger partial charge in [-0.05, 0) is 69.9 Å². The maximum absolute atomic E-state index is 14.2. The Hall–Kier alpha value is -2.69. The van der Waals surface area contributed by atoms with Crippen LogP contribution < -0.4 is 9.80 Å². The smallest absolute Gasteiger partial charge is 0.341 e. The minimum atomic E-state index is -4.66. The normalized spacial score (nSPS) is 25.5. The summed E-state index contributed by atoms with van der Waals surface area (Å²) >= 11 is 6.43. The Morgan fingerprint density at radius 3 is 2.67 bits per heavy atom. The molecule has 1 aromatic heterocycles. The predicted octanol–water partition coefficient (Wildman–Crippen LogP) is 4.67. The van der Waals surface area contributed by atoms with E-state index in [0.717, 1.165) is 29.0 Å². The van der Waals surface area contributed by atoms with E-state index < -0.39 is 47.6 Å². The first kappa shape index (κ1) is 25.0. The van der Waals surface area contributed by atoms with Crippen LogP contribution >= 0.6 is 11.6 Å². The summed E-state index contributed by atoms with van der Waals surface area (Å²) in [5.74, 6) is -2.57. The van der Waals surface area contributed by atoms with Crippen LogP contribution in [-0.4, -0.2) is 47.4 Å². The Labute approximate surface area is 211 Å². The molecule has 0 spiro atoms. The number of nitrogens with zero attached hydrogens (tertiary/aromatic N) is 3. The second-order valence-electron chi connectivity index (χ2n) is 9.71. The molecule has 0 bridgehead atoms. The molecule has 0 unspecified atom stereocenters. The minimum absolute atomic E-state index is 0.0601. The molecule has 2 aromatic rings. The van der Waals surface area contributed by atoms with Crippen molar-refractivity contribution in [3.8, 4) is 0 Å². The van der Waals surface area contributed by atoms with Crippen molar-refractivity contribution in [2.75, 3.05) is 16.3 Å². The minimum Gasteiger partial charge on any atom is -0.341 e. The van der Waals surface area contributed by atoms with E-state index >= 15 is 0 Å². The van der Waals surface area contributed by atoms with Gasteiger partial charge in [-0.25, -0.2) is 4.98 Å². The Bertz CT molecular complexity index is 1240. The number of amides is 2. The third-order valence-corrected chi connectivity index (χ3v) is 7.03. The summed E-state index contributed by atoms with van der Waals surface area (Å²) < 4.78 is 52.5. The molecule has 2 fully saturated rings. The molecule has 11 heteroatoms. The van der Waals surface area contributed by atoms with Gasteiger partial charge >= 0.3 is 6.18 Å². The lowest BCUT2D eigenvalue weighted by Gasteiger charge is -2.33. The largest absolute Gasteiger partial charge is 0.416 e. The van der Waals surface area contributed by atoms with Gasteiger partial charge in [0.1, 0.15) is 18.0 Å². The number of halogens is 4. The zero-order chi connectivity index (χ0) is 26.0. The van der Waals surface area contributed by atoms with Gasteiger partial charge in [0.2, 0.25) is 0 Å². The summed E-state index contributed by atoms with van der Waals surface area (Å²) in [7, 11) is 0. The number of ether oxygens (including phenoxy) is 2. The van der Waals surface area contributed by atoms with Crippen LogP contribution in [0.1, 0.15) is 43.5 Å². The molecule has 0 aliphatic carbocycles. The van der Waals surface area contributed by atoms with E-state index in [4.69, 9.17) is 21.1 Å². The Kier molecular flexibility index (Phi) is 6.04. The molecule has 0 N–H and O–H groups in total. The predicted molar refractivity (Wildman–Crippen MR) is 126 cm³/mol. The molecule has 7 nitrogen and oxygen atoms in total. The van der Waals surface area contributed by atoms with Gasteiger partial charge < -0.3 is 14.4 Å². The highest BCUT2D eigenvalue weighted by atomic mass is 35.5. The Morgan fingerprint density at radius 1 is 1.19 bits per heavy atom. The molecule has 3 aliphatic heterocycles. The standard InChI is InChI=1S/C25H25ClF3N3O4/c1-13-11-14(25(27,28)29)12-18(30-13)32-19(20-21(23(32)34)36-24(2,3)35-20)22(33)31-10-5-4-7-15-16(26)8-6-9-17(15)31/h6,8-9,11-12,19-21H,4-5,7,10H2,1-3H3/t19-,20-,21-/m0/s1. The van der Waals surface area contributed by atoms with Gasteiger partial charge in [-0.1, -0.05) is 17.7 Å². The van der Waals surface area contributed by atoms with Gasteiger partial charge in [0, 0.05) is 22.9 Å². The molecule has 36 heavy (non-hydrogen) atoms. The molecule has 4 heterocycles. The van der Waals surface area contributed by atoms with E-state index in [1.54, 1.807) is 36.9 Å². The highest BCUT2D eigenvalue weighted by Gasteiger charge is 2.61. The second-order valence-corrected chi connectivity index (χ2v) is 10.1. The van der Waals surface area contributed by atoms with Crippen molar-refractivity contribution in [3.63, 3.8) is 0 Å². The molecule has 0 saturated carbocycles. The van der Waals surface area contributed by atoms with E-state index in [2.05, 4.69) is 4.98 Å². The van der Waals surface area contributed by atoms with Crippen molar-refractivity contribution < 1.29 is 32.2 Å². The van der Waals surface area contributed by atoms with Crippen LogP contribution in [0.2, 0.25) is 5.02 Å². The van der Waals surface area contributed by atoms with Gasteiger partial charge in [0.25, 0.3) is 11.8 Å². The summed E-state index contributed by atoms with van der Waals surface area (Å²) in [6.45, 7) is 5.01. The summed E-state index contributed by atoms with van der Waals surface area (Å²) in [5, 5.41) is 0.529. The lowest BCUT2D eigenvalue weighted by atomic mass is 10.1. The van der Waals surface area contributed by atoms with E-state index in [0.29, 0.717) is 30.1 Å². The number of rotatable bonds is 2. The highest BCUT2D eigenvalue weighted by molar-refractivity contribution is 6.32. The number of hydrogen-bond acceptors (Lipinski definition) is 5. The maximum atomic E-state index is 14.2. The summed E-state index contributed by atoms with van der Waals surface area (Å²) in [5.41, 5.74) is 0.529. The summed E-state index contributed by atoms with van der Waals surface area (Å²) in [4.78, 5) is 34.5. The van der Waals surface area contributed by atoms with Crippen LogP contribution in [0.3, 0.4) is 0 Å². The average molecular weight is 524 g/mol. The monoisotopic (exact) mass is 523 g/mol. The molecule has 2 saturated heterocycles. The molecular weight excluding hydrogens is 499 g/mol. The van der Waals surface area contributed by atoms with Gasteiger partial charge in [-0.3, -0.25) is 14.5 Å². The number of pyridine rings is 1. The van der Waals surface area contributed by atoms with Crippen molar-refractivity contribution in [3.05, 3.63) is 52.2 Å². The number of alkyl halides is 3. The quantitative estimate of drug-likeness (QED) is 0.572. The number of aromatic nitrogens is 1. The zero-order valence-electron chi connectivity index (χ0n) is 19.9. The first-order valence-corrected chi connectivity index (χ1v) is 12.1. The average Bonchev–Trinajstić information content (AvgIpc) is 3.12. The number of hydrogen-bond donors (Lipinski definition) is 0. The molecule has 3 atom stereocenters. The Balaban J connectivity index is 1.62. The second kappa shape index (κ2) is 8.71. The fourth-order valence-electron chi connectivity index (χ4n) is 5.20. The number of benzene rings is 1. The summed E-state index contributed by atoms with van der Waals surface area (Å²) in [6.07, 6.45) is -4.66. The van der Waals surface area contributed by atoms with E-state index in [-0.39, 0.29) is 11.5 Å². The van der Waals surface area contributed by atoms with Crippen molar-refractivity contribution in [1.82, 2.24) is 4.98 Å². The summed E-state index contributed by atoms with van der Waals surface area (Å²) in [6, 6.07) is 5.68. The van der Waals surface area contributed by atoms with Crippen LogP contribution in [-0.2, 0) is 31.7 Å². The third kappa shape index (κ3) is 4.25. The zero-order valence-corrected chi connectivity index (χ0v) is 20.7. The Morgan fingerprint density at radius 2 is 1.94 bits per heavy atom. The number of fused-ring (bicyclic) bond motifs is 2. The molecule has 192 valence electrons. The molecule has 0 radical (unpaired) electrons. The lowest BCUT2D eigenvalue weighted by Crippen LogP contribution is -2.52. The van der Waals surface area contributed by atoms with Crippen LogP contribution in [0, 0.1) is 6.92 Å². The van der Waals surface area contributed by atoms with Crippen molar-refractivity contribution in [2.45, 2.75) is 70.2 Å². The number of anilines is 2. The van der Waals surface area contributed by atoms with Crippen molar-refractivity contribution in [1.29, 1.82) is 0 Å². The number of aryl methyl sites for hydroxylation is 1.